The Kier molecular flexibility index (Phi) is 5.31. The van der Waals surface area contributed by atoms with Crippen molar-refractivity contribution in [3.8, 4) is 5.88 Å². The molecule has 0 fully saturated rings. The van der Waals surface area contributed by atoms with Crippen LogP contribution < -0.4 is 0 Å². The highest BCUT2D eigenvalue weighted by Crippen LogP contribution is 2.62. The van der Waals surface area contributed by atoms with Crippen LogP contribution in [0.2, 0.25) is 0 Å². The van der Waals surface area contributed by atoms with E-state index < -0.39 is 5.62 Å². The van der Waals surface area contributed by atoms with E-state index in [1.54, 1.807) is 17.4 Å². The SMILES string of the molecule is CCCSP(=S)(OCC)n1nc(C)cc1O. The molecule has 0 aliphatic heterocycles. The second-order valence-corrected chi connectivity index (χ2v) is 9.93. The van der Waals surface area contributed by atoms with E-state index in [4.69, 9.17) is 16.3 Å². The van der Waals surface area contributed by atoms with Gasteiger partial charge < -0.3 is 9.63 Å². The molecular weight excluding hydrogens is 263 g/mol. The molecule has 1 aromatic heterocycles. The summed E-state index contributed by atoms with van der Waals surface area (Å²) in [6.45, 7) is 6.35. The standard InChI is InChI=1S/C9H17N2O2PS2/c1-4-6-16-14(15,13-5-2)11-9(12)7-8(3)10-11/h7,12H,4-6H2,1-3H3. The first kappa shape index (κ1) is 14.0. The Morgan fingerprint density at radius 3 is 2.75 bits per heavy atom. The molecule has 0 amide bonds. The maximum Gasteiger partial charge on any atom is 0.236 e. The largest absolute Gasteiger partial charge is 0.493 e. The van der Waals surface area contributed by atoms with Gasteiger partial charge >= 0.3 is 0 Å². The summed E-state index contributed by atoms with van der Waals surface area (Å²) in [5, 5.41) is 14.0. The summed E-state index contributed by atoms with van der Waals surface area (Å²) < 4.78 is 7.11. The minimum Gasteiger partial charge on any atom is -0.493 e. The van der Waals surface area contributed by atoms with Crippen molar-refractivity contribution in [3.05, 3.63) is 11.8 Å². The number of hydrogen-bond acceptors (Lipinski definition) is 5. The number of aryl methyl sites for hydroxylation is 1. The molecule has 0 bridgehead atoms. The summed E-state index contributed by atoms with van der Waals surface area (Å²) in [5.74, 6) is 1.01. The molecule has 1 rings (SSSR count). The molecule has 92 valence electrons. The van der Waals surface area contributed by atoms with Gasteiger partial charge in [-0.2, -0.15) is 9.55 Å². The van der Waals surface area contributed by atoms with Crippen LogP contribution in [0.3, 0.4) is 0 Å². The van der Waals surface area contributed by atoms with E-state index in [9.17, 15) is 5.11 Å². The quantitative estimate of drug-likeness (QED) is 0.811. The number of aromatic nitrogens is 2. The van der Waals surface area contributed by atoms with Crippen LogP contribution in [0.4, 0.5) is 0 Å². The molecule has 0 saturated heterocycles. The monoisotopic (exact) mass is 280 g/mol. The van der Waals surface area contributed by atoms with E-state index in [0.717, 1.165) is 17.9 Å². The lowest BCUT2D eigenvalue weighted by atomic mass is 10.5. The summed E-state index contributed by atoms with van der Waals surface area (Å²) >= 11 is 7.10. The number of aromatic hydroxyl groups is 1. The Morgan fingerprint density at radius 1 is 1.62 bits per heavy atom. The summed E-state index contributed by atoms with van der Waals surface area (Å²) in [6, 6.07) is 1.60. The second-order valence-electron chi connectivity index (χ2n) is 3.25. The van der Waals surface area contributed by atoms with Gasteiger partial charge in [0.2, 0.25) is 11.5 Å². The molecule has 0 radical (unpaired) electrons. The minimum atomic E-state index is -2.30. The molecule has 1 aromatic rings. The van der Waals surface area contributed by atoms with Gasteiger partial charge in [0, 0.05) is 11.8 Å². The van der Waals surface area contributed by atoms with E-state index in [2.05, 4.69) is 12.0 Å². The van der Waals surface area contributed by atoms with E-state index in [1.165, 1.54) is 4.45 Å². The van der Waals surface area contributed by atoms with Crippen molar-refractivity contribution >= 4 is 28.8 Å². The Morgan fingerprint density at radius 2 is 2.31 bits per heavy atom. The fourth-order valence-corrected chi connectivity index (χ4v) is 6.58. The maximum absolute atomic E-state index is 9.76. The van der Waals surface area contributed by atoms with Gasteiger partial charge in [0.05, 0.1) is 12.3 Å². The lowest BCUT2D eigenvalue weighted by Gasteiger charge is -2.21. The van der Waals surface area contributed by atoms with E-state index in [1.807, 2.05) is 13.8 Å². The zero-order valence-electron chi connectivity index (χ0n) is 9.71. The Hall–Kier alpha value is -0.0300. The van der Waals surface area contributed by atoms with Crippen LogP contribution in [0.25, 0.3) is 0 Å². The van der Waals surface area contributed by atoms with Crippen molar-refractivity contribution in [2.45, 2.75) is 27.2 Å². The average molecular weight is 280 g/mol. The first-order valence-electron chi connectivity index (χ1n) is 5.19. The molecule has 0 aliphatic carbocycles. The number of rotatable bonds is 6. The normalized spacial score (nSPS) is 14.9. The molecule has 1 N–H and O–H groups in total. The van der Waals surface area contributed by atoms with Gasteiger partial charge in [0.15, 0.2) is 0 Å². The van der Waals surface area contributed by atoms with Crippen LogP contribution in [0.1, 0.15) is 26.0 Å². The van der Waals surface area contributed by atoms with E-state index >= 15 is 0 Å². The Balaban J connectivity index is 3.00. The molecule has 4 nitrogen and oxygen atoms in total. The number of nitrogens with zero attached hydrogens (tertiary/aromatic N) is 2. The average Bonchev–Trinajstić information content (AvgIpc) is 2.56. The second kappa shape index (κ2) is 6.05. The van der Waals surface area contributed by atoms with Crippen molar-refractivity contribution in [1.82, 2.24) is 9.55 Å². The van der Waals surface area contributed by atoms with Crippen LogP contribution in [0.5, 0.6) is 5.88 Å². The third-order valence-corrected chi connectivity index (χ3v) is 8.07. The van der Waals surface area contributed by atoms with E-state index in [-0.39, 0.29) is 5.88 Å². The van der Waals surface area contributed by atoms with Crippen LogP contribution in [0, 0.1) is 6.92 Å². The fourth-order valence-electron chi connectivity index (χ4n) is 1.17. The third-order valence-electron chi connectivity index (χ3n) is 1.78. The predicted octanol–water partition coefficient (Wildman–Crippen LogP) is 3.15. The zero-order chi connectivity index (χ0) is 12.2. The minimum absolute atomic E-state index is 0.0953. The molecular formula is C9H17N2O2PS2. The molecule has 7 heteroatoms. The van der Waals surface area contributed by atoms with Gasteiger partial charge in [-0.25, -0.2) is 0 Å². The molecule has 0 saturated carbocycles. The van der Waals surface area contributed by atoms with Crippen LogP contribution in [-0.4, -0.2) is 27.0 Å². The van der Waals surface area contributed by atoms with Gasteiger partial charge in [-0.1, -0.05) is 18.3 Å². The third kappa shape index (κ3) is 3.23. The Bertz CT molecular complexity index is 395. The fraction of sp³-hybridized carbons (Fsp3) is 0.667. The summed E-state index contributed by atoms with van der Waals surface area (Å²) in [6.07, 6.45) is 1.02. The first-order chi connectivity index (χ1) is 7.53. The van der Waals surface area contributed by atoms with Gasteiger partial charge in [-0.15, -0.1) is 0 Å². The van der Waals surface area contributed by atoms with Crippen molar-refractivity contribution in [3.63, 3.8) is 0 Å². The maximum atomic E-state index is 9.76. The highest BCUT2D eigenvalue weighted by Gasteiger charge is 2.24. The lowest BCUT2D eigenvalue weighted by Crippen LogP contribution is -2.00. The summed E-state index contributed by atoms with van der Waals surface area (Å²) in [4.78, 5) is 0. The van der Waals surface area contributed by atoms with Crippen molar-refractivity contribution in [2.24, 2.45) is 0 Å². The van der Waals surface area contributed by atoms with Crippen LogP contribution >= 0.6 is 17.0 Å². The van der Waals surface area contributed by atoms with Crippen molar-refractivity contribution in [2.75, 3.05) is 12.4 Å². The summed E-state index contributed by atoms with van der Waals surface area (Å²) in [5.41, 5.74) is -1.55. The molecule has 0 aromatic carbocycles. The topological polar surface area (TPSA) is 47.3 Å². The molecule has 0 spiro atoms. The molecule has 1 atom stereocenters. The van der Waals surface area contributed by atoms with Crippen LogP contribution in [-0.2, 0) is 16.3 Å². The van der Waals surface area contributed by atoms with Crippen molar-refractivity contribution in [1.29, 1.82) is 0 Å². The van der Waals surface area contributed by atoms with E-state index in [0.29, 0.717) is 6.61 Å². The lowest BCUT2D eigenvalue weighted by molar-refractivity contribution is 0.369. The van der Waals surface area contributed by atoms with Gasteiger partial charge in [-0.05, 0) is 32.1 Å². The highest BCUT2D eigenvalue weighted by atomic mass is 32.9. The van der Waals surface area contributed by atoms with Gasteiger partial charge in [0.1, 0.15) is 0 Å². The molecule has 0 aliphatic rings. The smallest absolute Gasteiger partial charge is 0.236 e. The van der Waals surface area contributed by atoms with Crippen LogP contribution in [0.15, 0.2) is 6.07 Å². The Labute approximate surface area is 105 Å². The predicted molar refractivity (Wildman–Crippen MR) is 72.7 cm³/mol. The zero-order valence-corrected chi connectivity index (χ0v) is 12.2. The van der Waals surface area contributed by atoms with Gasteiger partial charge in [0.25, 0.3) is 0 Å². The van der Waals surface area contributed by atoms with Gasteiger partial charge in [-0.3, -0.25) is 0 Å². The highest BCUT2D eigenvalue weighted by molar-refractivity contribution is 8.68. The first-order valence-corrected chi connectivity index (χ1v) is 9.45. The molecule has 1 unspecified atom stereocenters. The molecule has 16 heavy (non-hydrogen) atoms. The summed E-state index contributed by atoms with van der Waals surface area (Å²) in [7, 11) is 0. The van der Waals surface area contributed by atoms with Crippen molar-refractivity contribution < 1.29 is 9.63 Å². The number of hydrogen-bond donors (Lipinski definition) is 1. The molecule has 1 heterocycles.